The first-order chi connectivity index (χ1) is 17.2. The zero-order valence-corrected chi connectivity index (χ0v) is 20.2. The van der Waals surface area contributed by atoms with Gasteiger partial charge >= 0.3 is 0 Å². The van der Waals surface area contributed by atoms with E-state index in [1.54, 1.807) is 4.52 Å². The molecular weight excluding hydrogens is 460 g/mol. The van der Waals surface area contributed by atoms with E-state index in [9.17, 15) is 4.79 Å². The molecule has 1 aliphatic heterocycles. The van der Waals surface area contributed by atoms with Crippen LogP contribution in [0, 0.1) is 5.92 Å². The number of carbonyl (C=O) groups excluding carboxylic acids is 1. The van der Waals surface area contributed by atoms with E-state index in [1.165, 1.54) is 11.1 Å². The Balaban J connectivity index is 1.13. The van der Waals surface area contributed by atoms with E-state index in [0.29, 0.717) is 16.5 Å². The van der Waals surface area contributed by atoms with E-state index in [-0.39, 0.29) is 17.9 Å². The molecule has 0 saturated carbocycles. The van der Waals surface area contributed by atoms with Crippen LogP contribution in [0.1, 0.15) is 42.9 Å². The largest absolute Gasteiger partial charge is 0.355 e. The molecule has 2 aromatic heterocycles. The number of nitrogens with one attached hydrogen (secondary N) is 1. The Hall–Kier alpha value is -3.45. The number of benzene rings is 2. The summed E-state index contributed by atoms with van der Waals surface area (Å²) in [7, 11) is 0. The van der Waals surface area contributed by atoms with E-state index in [2.05, 4.69) is 44.7 Å². The van der Waals surface area contributed by atoms with Gasteiger partial charge in [0.2, 0.25) is 5.91 Å². The third-order valence-corrected chi connectivity index (χ3v) is 7.48. The zero-order valence-electron chi connectivity index (χ0n) is 19.4. The quantitative estimate of drug-likeness (QED) is 0.446. The molecule has 1 saturated heterocycles. The Morgan fingerprint density at radius 1 is 0.943 bits per heavy atom. The second kappa shape index (κ2) is 9.30. The summed E-state index contributed by atoms with van der Waals surface area (Å²) in [4.78, 5) is 15.4. The standard InChI is InChI=1S/C27H27ClN6O/c28-21-10-8-19(9-11-21)26-31-30-24-12-13-25(32-34(24)26)33-16-14-20(15-17-33)27(35)29-23-7-3-5-18-4-1-2-6-22(18)23/h1-2,4,6,8-13,20,23H,3,5,7,14-17H2,(H,29,35). The summed E-state index contributed by atoms with van der Waals surface area (Å²) in [6, 6.07) is 20.1. The molecule has 2 aromatic carbocycles. The van der Waals surface area contributed by atoms with Crippen LogP contribution in [0.4, 0.5) is 5.82 Å². The minimum Gasteiger partial charge on any atom is -0.355 e. The summed E-state index contributed by atoms with van der Waals surface area (Å²) >= 11 is 6.04. The predicted octanol–water partition coefficient (Wildman–Crippen LogP) is 4.85. The van der Waals surface area contributed by atoms with Gasteiger partial charge in [-0.25, -0.2) is 0 Å². The molecule has 35 heavy (non-hydrogen) atoms. The van der Waals surface area contributed by atoms with Gasteiger partial charge in [0, 0.05) is 29.6 Å². The van der Waals surface area contributed by atoms with Crippen LogP contribution in [0.2, 0.25) is 5.02 Å². The number of halogens is 1. The predicted molar refractivity (Wildman–Crippen MR) is 136 cm³/mol. The highest BCUT2D eigenvalue weighted by molar-refractivity contribution is 6.30. The Bertz CT molecular complexity index is 1360. The van der Waals surface area contributed by atoms with Gasteiger partial charge in [0.05, 0.1) is 6.04 Å². The maximum atomic E-state index is 13.1. The number of hydrogen-bond donors (Lipinski definition) is 1. The van der Waals surface area contributed by atoms with Crippen LogP contribution in [0.15, 0.2) is 60.7 Å². The fourth-order valence-electron chi connectivity index (χ4n) is 5.29. The number of amides is 1. The van der Waals surface area contributed by atoms with Crippen molar-refractivity contribution in [3.8, 4) is 11.4 Å². The minimum atomic E-state index is 0.0311. The highest BCUT2D eigenvalue weighted by atomic mass is 35.5. The van der Waals surface area contributed by atoms with Crippen LogP contribution in [-0.4, -0.2) is 38.8 Å². The minimum absolute atomic E-state index is 0.0311. The molecule has 3 heterocycles. The third kappa shape index (κ3) is 4.36. The molecule has 2 aliphatic rings. The summed E-state index contributed by atoms with van der Waals surface area (Å²) in [5.74, 6) is 1.76. The average Bonchev–Trinajstić information content (AvgIpc) is 3.33. The van der Waals surface area contributed by atoms with Gasteiger partial charge in [-0.2, -0.15) is 4.52 Å². The van der Waals surface area contributed by atoms with Crippen LogP contribution in [-0.2, 0) is 11.2 Å². The van der Waals surface area contributed by atoms with Gasteiger partial charge in [-0.05, 0) is 79.6 Å². The Labute approximate surface area is 209 Å². The van der Waals surface area contributed by atoms with Crippen molar-refractivity contribution in [2.24, 2.45) is 5.92 Å². The van der Waals surface area contributed by atoms with Crippen molar-refractivity contribution >= 4 is 29.0 Å². The molecule has 0 spiro atoms. The smallest absolute Gasteiger partial charge is 0.223 e. The molecule has 1 fully saturated rings. The molecular formula is C27H27ClN6O. The Kier molecular flexibility index (Phi) is 5.86. The maximum Gasteiger partial charge on any atom is 0.223 e. The van der Waals surface area contributed by atoms with E-state index >= 15 is 0 Å². The number of carbonyl (C=O) groups is 1. The lowest BCUT2D eigenvalue weighted by Gasteiger charge is -2.33. The summed E-state index contributed by atoms with van der Waals surface area (Å²) in [6.07, 6.45) is 4.86. The molecule has 1 N–H and O–H groups in total. The first-order valence-corrected chi connectivity index (χ1v) is 12.6. The second-order valence-corrected chi connectivity index (χ2v) is 9.84. The summed E-state index contributed by atoms with van der Waals surface area (Å²) in [6.45, 7) is 1.58. The summed E-state index contributed by atoms with van der Waals surface area (Å²) < 4.78 is 1.78. The molecule has 7 nitrogen and oxygen atoms in total. The molecule has 4 aromatic rings. The summed E-state index contributed by atoms with van der Waals surface area (Å²) in [5, 5.41) is 17.4. The second-order valence-electron chi connectivity index (χ2n) is 9.41. The molecule has 8 heteroatoms. The zero-order chi connectivity index (χ0) is 23.8. The lowest BCUT2D eigenvalue weighted by atomic mass is 9.87. The fourth-order valence-corrected chi connectivity index (χ4v) is 5.42. The van der Waals surface area contributed by atoms with Gasteiger partial charge in [0.15, 0.2) is 11.5 Å². The number of aromatic nitrogens is 4. The Morgan fingerprint density at radius 2 is 1.74 bits per heavy atom. The number of anilines is 1. The molecule has 0 radical (unpaired) electrons. The number of rotatable bonds is 4. The molecule has 6 rings (SSSR count). The van der Waals surface area contributed by atoms with Crippen LogP contribution < -0.4 is 10.2 Å². The fraction of sp³-hybridized carbons (Fsp3) is 0.333. The van der Waals surface area contributed by atoms with E-state index < -0.39 is 0 Å². The SMILES string of the molecule is O=C(NC1CCCc2ccccc21)C1CCN(c2ccc3nnc(-c4ccc(Cl)cc4)n3n2)CC1. The highest BCUT2D eigenvalue weighted by Gasteiger charge is 2.29. The van der Waals surface area contributed by atoms with Gasteiger partial charge in [0.1, 0.15) is 5.82 Å². The number of fused-ring (bicyclic) bond motifs is 2. The third-order valence-electron chi connectivity index (χ3n) is 7.23. The van der Waals surface area contributed by atoms with Gasteiger partial charge in [-0.1, -0.05) is 35.9 Å². The van der Waals surface area contributed by atoms with Crippen molar-refractivity contribution in [1.82, 2.24) is 25.1 Å². The van der Waals surface area contributed by atoms with Crippen molar-refractivity contribution in [3.05, 3.63) is 76.8 Å². The lowest BCUT2D eigenvalue weighted by molar-refractivity contribution is -0.126. The van der Waals surface area contributed by atoms with Crippen LogP contribution >= 0.6 is 11.6 Å². The van der Waals surface area contributed by atoms with Crippen LogP contribution in [0.3, 0.4) is 0 Å². The topological polar surface area (TPSA) is 75.4 Å². The first kappa shape index (κ1) is 22.0. The van der Waals surface area contributed by atoms with Crippen molar-refractivity contribution in [3.63, 3.8) is 0 Å². The van der Waals surface area contributed by atoms with Gasteiger partial charge < -0.3 is 10.2 Å². The lowest BCUT2D eigenvalue weighted by Crippen LogP contribution is -2.42. The highest BCUT2D eigenvalue weighted by Crippen LogP contribution is 2.31. The number of piperidine rings is 1. The van der Waals surface area contributed by atoms with Gasteiger partial charge in [-0.15, -0.1) is 15.3 Å². The normalized spacial score (nSPS) is 18.4. The van der Waals surface area contributed by atoms with Crippen molar-refractivity contribution < 1.29 is 4.79 Å². The number of nitrogens with zero attached hydrogens (tertiary/aromatic N) is 5. The summed E-state index contributed by atoms with van der Waals surface area (Å²) in [5.41, 5.74) is 4.26. The van der Waals surface area contributed by atoms with Crippen molar-refractivity contribution in [1.29, 1.82) is 0 Å². The monoisotopic (exact) mass is 486 g/mol. The van der Waals surface area contributed by atoms with E-state index in [4.69, 9.17) is 16.7 Å². The van der Waals surface area contributed by atoms with Gasteiger partial charge in [-0.3, -0.25) is 4.79 Å². The Morgan fingerprint density at radius 3 is 2.57 bits per heavy atom. The van der Waals surface area contributed by atoms with Crippen LogP contribution in [0.25, 0.3) is 17.0 Å². The average molecular weight is 487 g/mol. The van der Waals surface area contributed by atoms with Gasteiger partial charge in [0.25, 0.3) is 0 Å². The molecule has 0 bridgehead atoms. The maximum absolute atomic E-state index is 13.1. The number of aryl methyl sites for hydroxylation is 1. The van der Waals surface area contributed by atoms with Crippen LogP contribution in [0.5, 0.6) is 0 Å². The van der Waals surface area contributed by atoms with Crippen molar-refractivity contribution in [2.45, 2.75) is 38.1 Å². The molecule has 1 aliphatic carbocycles. The molecule has 178 valence electrons. The molecule has 1 atom stereocenters. The van der Waals surface area contributed by atoms with Crippen molar-refractivity contribution in [2.75, 3.05) is 18.0 Å². The van der Waals surface area contributed by atoms with E-state index in [0.717, 1.165) is 56.6 Å². The molecule has 1 unspecified atom stereocenters. The van der Waals surface area contributed by atoms with E-state index in [1.807, 2.05) is 36.4 Å². The number of hydrogen-bond acceptors (Lipinski definition) is 5. The first-order valence-electron chi connectivity index (χ1n) is 12.3. The molecule has 1 amide bonds.